The summed E-state index contributed by atoms with van der Waals surface area (Å²) in [5, 5.41) is 10.2. The van der Waals surface area contributed by atoms with Gasteiger partial charge in [-0.3, -0.25) is 23.2 Å². The van der Waals surface area contributed by atoms with Gasteiger partial charge in [0.1, 0.15) is 0 Å². The van der Waals surface area contributed by atoms with Crippen molar-refractivity contribution in [2.24, 2.45) is 0 Å². The Morgan fingerprint density at radius 2 is 0.733 bits per heavy atom. The molecule has 0 aliphatic carbocycles. The monoisotopic (exact) mass is 872 g/mol. The molecule has 0 atom stereocenters. The van der Waals surface area contributed by atoms with Crippen LogP contribution in [0, 0.1) is 0 Å². The van der Waals surface area contributed by atoms with E-state index in [-0.39, 0.29) is 62.1 Å². The van der Waals surface area contributed by atoms with Crippen molar-refractivity contribution in [2.45, 2.75) is 116 Å². The Morgan fingerprint density at radius 1 is 0.483 bits per heavy atom. The molecule has 60 heavy (non-hydrogen) atoms. The third-order valence-electron chi connectivity index (χ3n) is 11.9. The molecular weight excluding hydrogens is 804 g/mol. The molecule has 0 radical (unpaired) electrons. The second-order valence-corrected chi connectivity index (χ2v) is 26.9. The van der Waals surface area contributed by atoms with Gasteiger partial charge < -0.3 is 19.5 Å². The first-order valence-corrected chi connectivity index (χ1v) is 26.5. The minimum absolute atomic E-state index is 0.218. The van der Waals surface area contributed by atoms with E-state index in [2.05, 4.69) is 101 Å². The lowest BCUT2D eigenvalue weighted by atomic mass is 9.96. The second kappa shape index (κ2) is 21.4. The highest BCUT2D eigenvalue weighted by Gasteiger charge is 2.51. The summed E-state index contributed by atoms with van der Waals surface area (Å²) in [6.07, 6.45) is 1.01. The van der Waals surface area contributed by atoms with Crippen molar-refractivity contribution in [1.82, 2.24) is 10.6 Å². The zero-order valence-corrected chi connectivity index (χ0v) is 40.6. The van der Waals surface area contributed by atoms with Gasteiger partial charge in [-0.2, -0.15) is 0 Å². The third kappa shape index (κ3) is 10.7. The predicted octanol–water partition coefficient (Wildman–Crippen LogP) is 7.91. The summed E-state index contributed by atoms with van der Waals surface area (Å²) < 4.78 is 39.9. The van der Waals surface area contributed by atoms with E-state index in [4.69, 9.17) is 17.9 Å². The van der Waals surface area contributed by atoms with E-state index in [1.165, 1.54) is 0 Å². The first kappa shape index (κ1) is 49.0. The molecule has 0 heterocycles. The number of carbonyl (C=O) groups is 2. The smallest absolute Gasteiger partial charge is 0.321 e. The molecule has 4 aromatic rings. The molecular formula is C48H69N2O7PSi2. The molecule has 9 nitrogen and oxygen atoms in total. The number of benzene rings is 4. The number of hydrogen-bond acceptors (Lipinski definition) is 7. The van der Waals surface area contributed by atoms with Gasteiger partial charge in [-0.15, -0.1) is 0 Å². The molecule has 326 valence electrons. The number of carbonyl (C=O) groups excluding carboxylic acids is 2. The number of amides is 2. The van der Waals surface area contributed by atoms with Crippen LogP contribution in [0.4, 0.5) is 0 Å². The van der Waals surface area contributed by atoms with Gasteiger partial charge in [-0.1, -0.05) is 191 Å². The summed E-state index contributed by atoms with van der Waals surface area (Å²) in [5.41, 5.74) is -2.86. The molecule has 0 unspecified atom stereocenters. The Hall–Kier alpha value is -3.68. The van der Waals surface area contributed by atoms with Gasteiger partial charge in [0.2, 0.25) is 0 Å². The quantitative estimate of drug-likeness (QED) is 0.0469. The molecule has 2 N–H and O–H groups in total. The lowest BCUT2D eigenvalue weighted by Gasteiger charge is -2.43. The fourth-order valence-corrected chi connectivity index (χ4v) is 19.0. The summed E-state index contributed by atoms with van der Waals surface area (Å²) in [5.74, 6) is -0.798. The molecule has 0 spiro atoms. The van der Waals surface area contributed by atoms with Gasteiger partial charge in [0.25, 0.3) is 28.4 Å². The highest BCUT2D eigenvalue weighted by Crippen LogP contribution is 2.42. The lowest BCUT2D eigenvalue weighted by Crippen LogP contribution is -2.67. The molecule has 0 bridgehead atoms. The van der Waals surface area contributed by atoms with Crippen LogP contribution >= 0.6 is 8.25 Å². The van der Waals surface area contributed by atoms with Crippen LogP contribution in [0.1, 0.15) is 94.9 Å². The summed E-state index contributed by atoms with van der Waals surface area (Å²) in [6.45, 7) is 21.5. The molecule has 2 amide bonds. The number of rotatable bonds is 22. The van der Waals surface area contributed by atoms with Crippen molar-refractivity contribution in [3.8, 4) is 0 Å². The van der Waals surface area contributed by atoms with Gasteiger partial charge in [0, 0.05) is 13.1 Å². The second-order valence-electron chi connectivity index (χ2n) is 17.4. The molecule has 0 aliphatic heterocycles. The molecule has 0 fully saturated rings. The number of nitrogens with one attached hydrogen (secondary N) is 2. The number of hydrogen-bond donors (Lipinski definition) is 2. The topological polar surface area (TPSA) is 112 Å². The van der Waals surface area contributed by atoms with Crippen LogP contribution in [0.3, 0.4) is 0 Å². The first-order chi connectivity index (χ1) is 28.5. The summed E-state index contributed by atoms with van der Waals surface area (Å²) in [7, 11) is -8.97. The third-order valence-corrected chi connectivity index (χ3v) is 23.1. The fraction of sp³-hybridized carbons (Fsp3) is 0.458. The molecule has 0 saturated carbocycles. The minimum atomic E-state index is -3.35. The Balaban J connectivity index is 1.43. The molecule has 12 heteroatoms. The average molecular weight is 873 g/mol. The van der Waals surface area contributed by atoms with Crippen LogP contribution in [0.15, 0.2) is 121 Å². The molecule has 0 aromatic heterocycles. The van der Waals surface area contributed by atoms with Crippen molar-refractivity contribution >= 4 is 57.5 Å². The maximum absolute atomic E-state index is 13.9. The van der Waals surface area contributed by atoms with E-state index >= 15 is 0 Å². The van der Waals surface area contributed by atoms with Crippen molar-refractivity contribution in [1.29, 1.82) is 0 Å². The van der Waals surface area contributed by atoms with Crippen molar-refractivity contribution < 1.29 is 32.1 Å². The van der Waals surface area contributed by atoms with Gasteiger partial charge >= 0.3 is 8.25 Å². The largest absolute Gasteiger partial charge is 0.406 e. The summed E-state index contributed by atoms with van der Waals surface area (Å²) in [6, 6.07) is 41.4. The van der Waals surface area contributed by atoms with Gasteiger partial charge in [0.05, 0.1) is 13.2 Å². The average Bonchev–Trinajstić information content (AvgIpc) is 3.25. The maximum Gasteiger partial charge on any atom is 0.321 e. The highest BCUT2D eigenvalue weighted by molar-refractivity contribution is 7.33. The Morgan fingerprint density at radius 3 is 0.950 bits per heavy atom. The highest BCUT2D eigenvalue weighted by atomic mass is 31.1. The van der Waals surface area contributed by atoms with E-state index in [1.54, 1.807) is 0 Å². The predicted molar refractivity (Wildman–Crippen MR) is 251 cm³/mol. The normalized spacial score (nSPS) is 13.0. The van der Waals surface area contributed by atoms with E-state index in [9.17, 15) is 14.2 Å². The first-order valence-electron chi connectivity index (χ1n) is 21.5. The van der Waals surface area contributed by atoms with Crippen LogP contribution in [0.2, 0.25) is 10.1 Å². The minimum Gasteiger partial charge on any atom is -0.406 e. The molecule has 4 rings (SSSR count). The van der Waals surface area contributed by atoms with Crippen molar-refractivity contribution in [3.63, 3.8) is 0 Å². The van der Waals surface area contributed by atoms with Crippen molar-refractivity contribution in [3.05, 3.63) is 121 Å². The summed E-state index contributed by atoms with van der Waals surface area (Å²) >= 11 is 0. The van der Waals surface area contributed by atoms with Gasteiger partial charge in [-0.05, 0) is 56.5 Å². The fourth-order valence-electron chi connectivity index (χ4n) is 8.45. The zero-order valence-electron chi connectivity index (χ0n) is 37.6. The maximum atomic E-state index is 13.9. The van der Waals surface area contributed by atoms with Crippen LogP contribution in [-0.2, 0) is 32.1 Å². The molecule has 0 saturated heterocycles. The Labute approximate surface area is 362 Å². The molecule has 4 aromatic carbocycles. The SMILES string of the molecule is CCC(CC)(O[PH](=O)OC(CC)(CC)C(=O)NCCO[Si](c1ccccc1)(c1ccccc1)C(C)(C)C)C(=O)NCCO[Si](c1ccccc1)(c1ccccc1)C(C)(C)C. The van der Waals surface area contributed by atoms with Crippen LogP contribution in [0.5, 0.6) is 0 Å². The lowest BCUT2D eigenvalue weighted by molar-refractivity contribution is -0.142. The standard InChI is InChI=1S/C48H69N2O7PSi2/c1-11-47(12-2,43(51)49-35-37-54-59(45(5,6)7,39-27-19-15-20-28-39)40-29-21-16-22-30-40)56-58(53)57-48(13-3,14-4)44(52)50-36-38-55-60(46(8,9)10,41-31-23-17-24-32-41)42-33-25-18-26-34-42/h15-34,58H,11-14,35-38H2,1-10H3,(H,49,51)(H,50,52). The van der Waals surface area contributed by atoms with E-state index in [0.29, 0.717) is 0 Å². The zero-order chi connectivity index (χ0) is 44.1. The van der Waals surface area contributed by atoms with Crippen LogP contribution in [0.25, 0.3) is 0 Å². The van der Waals surface area contributed by atoms with Crippen LogP contribution in [-0.4, -0.2) is 66.0 Å². The van der Waals surface area contributed by atoms with Crippen molar-refractivity contribution in [2.75, 3.05) is 26.3 Å². The Bertz CT molecular complexity index is 1730. The van der Waals surface area contributed by atoms with E-state index in [0.717, 1.165) is 20.7 Å². The summed E-state index contributed by atoms with van der Waals surface area (Å²) in [4.78, 5) is 27.9. The Kier molecular flexibility index (Phi) is 17.5. The van der Waals surface area contributed by atoms with Gasteiger partial charge in [-0.25, -0.2) is 0 Å². The molecule has 0 aliphatic rings. The van der Waals surface area contributed by atoms with E-state index in [1.807, 2.05) is 100 Å². The van der Waals surface area contributed by atoms with Crippen LogP contribution < -0.4 is 31.4 Å². The van der Waals surface area contributed by atoms with Gasteiger partial charge in [0.15, 0.2) is 11.2 Å². The van der Waals surface area contributed by atoms with E-state index < -0.39 is 47.9 Å².